The van der Waals surface area contributed by atoms with Crippen molar-refractivity contribution in [2.45, 2.75) is 44.9 Å². The molecule has 134 valence electrons. The van der Waals surface area contributed by atoms with Crippen molar-refractivity contribution in [1.82, 2.24) is 24.9 Å². The van der Waals surface area contributed by atoms with Gasteiger partial charge in [-0.15, -0.1) is 17.5 Å². The van der Waals surface area contributed by atoms with Gasteiger partial charge in [0.25, 0.3) is 5.56 Å². The average Bonchev–Trinajstić information content (AvgIpc) is 2.92. The Labute approximate surface area is 152 Å². The predicted octanol–water partition coefficient (Wildman–Crippen LogP) is 2.76. The van der Waals surface area contributed by atoms with Gasteiger partial charge in [-0.1, -0.05) is 20.8 Å². The summed E-state index contributed by atoms with van der Waals surface area (Å²) in [5.41, 5.74) is 3.33. The van der Waals surface area contributed by atoms with E-state index in [2.05, 4.69) is 31.1 Å². The molecule has 7 heteroatoms. The Kier molecular flexibility index (Phi) is 4.60. The van der Waals surface area contributed by atoms with Crippen LogP contribution in [0, 0.1) is 0 Å². The van der Waals surface area contributed by atoms with Gasteiger partial charge in [0.05, 0.1) is 11.1 Å². The highest BCUT2D eigenvalue weighted by Gasteiger charge is 2.22. The fraction of sp³-hybridized carbons (Fsp3) is 0.500. The van der Waals surface area contributed by atoms with Crippen molar-refractivity contribution < 1.29 is 0 Å². The topological polar surface area (TPSA) is 75.1 Å². The number of halogens is 1. The number of nitrogens with one attached hydrogen (secondary N) is 2. The van der Waals surface area contributed by atoms with Crippen molar-refractivity contribution in [2.75, 3.05) is 13.1 Å². The van der Waals surface area contributed by atoms with E-state index in [0.717, 1.165) is 48.4 Å². The summed E-state index contributed by atoms with van der Waals surface area (Å²) in [6.07, 6.45) is 2.05. The van der Waals surface area contributed by atoms with Crippen LogP contribution in [0.5, 0.6) is 0 Å². The molecule has 3 aromatic rings. The monoisotopic (exact) mass is 361 g/mol. The zero-order chi connectivity index (χ0) is 16.9. The molecule has 0 radical (unpaired) electrons. The van der Waals surface area contributed by atoms with E-state index in [-0.39, 0.29) is 23.4 Å². The molecule has 1 aliphatic heterocycles. The van der Waals surface area contributed by atoms with Crippen molar-refractivity contribution in [3.05, 3.63) is 39.9 Å². The maximum atomic E-state index is 12.2. The Morgan fingerprint density at radius 3 is 2.60 bits per heavy atom. The highest BCUT2D eigenvalue weighted by molar-refractivity contribution is 5.89. The summed E-state index contributed by atoms with van der Waals surface area (Å²) in [6.45, 7) is 8.37. The first-order chi connectivity index (χ1) is 11.4. The molecular weight excluding hydrogens is 338 g/mol. The summed E-state index contributed by atoms with van der Waals surface area (Å²) in [4.78, 5) is 19.9. The van der Waals surface area contributed by atoms with E-state index >= 15 is 0 Å². The molecule has 0 bridgehead atoms. The third kappa shape index (κ3) is 3.16. The second kappa shape index (κ2) is 6.42. The van der Waals surface area contributed by atoms with Crippen LogP contribution in [0.3, 0.4) is 0 Å². The lowest BCUT2D eigenvalue weighted by Crippen LogP contribution is -2.28. The molecule has 0 atom stereocenters. The van der Waals surface area contributed by atoms with Gasteiger partial charge in [-0.2, -0.15) is 0 Å². The molecule has 3 aromatic heterocycles. The third-order valence-electron chi connectivity index (χ3n) is 4.83. The molecule has 1 fully saturated rings. The first-order valence-corrected chi connectivity index (χ1v) is 8.57. The third-order valence-corrected chi connectivity index (χ3v) is 4.83. The number of hydrogen-bond donors (Lipinski definition) is 2. The van der Waals surface area contributed by atoms with Crippen LogP contribution in [0.1, 0.15) is 50.9 Å². The van der Waals surface area contributed by atoms with Gasteiger partial charge in [0.15, 0.2) is 5.65 Å². The normalized spacial score (nSPS) is 16.3. The molecule has 0 saturated carbocycles. The summed E-state index contributed by atoms with van der Waals surface area (Å²) < 4.78 is 1.89. The lowest BCUT2D eigenvalue weighted by Gasteiger charge is -2.22. The number of hydrogen-bond acceptors (Lipinski definition) is 4. The molecule has 0 amide bonds. The van der Waals surface area contributed by atoms with Gasteiger partial charge in [0, 0.05) is 23.1 Å². The Bertz CT molecular complexity index is 963. The van der Waals surface area contributed by atoms with Crippen molar-refractivity contribution in [3.8, 4) is 0 Å². The summed E-state index contributed by atoms with van der Waals surface area (Å²) in [5.74, 6) is 0.354. The molecule has 6 nitrogen and oxygen atoms in total. The van der Waals surface area contributed by atoms with Crippen LogP contribution in [0.25, 0.3) is 16.7 Å². The van der Waals surface area contributed by atoms with Gasteiger partial charge < -0.3 is 10.3 Å². The van der Waals surface area contributed by atoms with E-state index in [0.29, 0.717) is 11.6 Å². The van der Waals surface area contributed by atoms with Gasteiger partial charge in [-0.05, 0) is 38.1 Å². The van der Waals surface area contributed by atoms with Crippen LogP contribution in [0.15, 0.2) is 23.0 Å². The minimum Gasteiger partial charge on any atom is -0.317 e. The number of nitrogens with zero attached hydrogens (tertiary/aromatic N) is 3. The zero-order valence-electron chi connectivity index (χ0n) is 14.8. The Balaban J connectivity index is 0.00000182. The Hall–Kier alpha value is -1.92. The van der Waals surface area contributed by atoms with Crippen LogP contribution >= 0.6 is 12.4 Å². The van der Waals surface area contributed by atoms with Crippen LogP contribution in [0.2, 0.25) is 0 Å². The largest absolute Gasteiger partial charge is 0.317 e. The standard InChI is InChI=1S/C18H23N5O.ClH/c1-18(2,3)14-5-4-12-16(20-14)22-23-13(10-15(24)21-17(12)23)11-6-8-19-9-7-11;/h4-5,10-11,19H,6-9H2,1-3H3,(H,21,24);1H. The maximum absolute atomic E-state index is 12.2. The molecule has 1 aliphatic rings. The number of rotatable bonds is 1. The first kappa shape index (κ1) is 17.9. The van der Waals surface area contributed by atoms with Crippen LogP contribution < -0.4 is 10.9 Å². The van der Waals surface area contributed by atoms with Crippen LogP contribution in [-0.2, 0) is 5.41 Å². The number of fused-ring (bicyclic) bond motifs is 3. The molecular formula is C18H24ClN5O. The van der Waals surface area contributed by atoms with Gasteiger partial charge in [-0.3, -0.25) is 4.79 Å². The molecule has 4 heterocycles. The minimum absolute atomic E-state index is 0. The smallest absolute Gasteiger partial charge is 0.251 e. The number of piperidine rings is 1. The van der Waals surface area contributed by atoms with Gasteiger partial charge >= 0.3 is 0 Å². The highest BCUT2D eigenvalue weighted by Crippen LogP contribution is 2.28. The molecule has 0 aromatic carbocycles. The van der Waals surface area contributed by atoms with E-state index < -0.39 is 0 Å². The lowest BCUT2D eigenvalue weighted by atomic mass is 9.91. The summed E-state index contributed by atoms with van der Waals surface area (Å²) in [5, 5.41) is 8.99. The van der Waals surface area contributed by atoms with Gasteiger partial charge in [0.1, 0.15) is 5.65 Å². The fourth-order valence-electron chi connectivity index (χ4n) is 3.45. The van der Waals surface area contributed by atoms with Crippen molar-refractivity contribution in [3.63, 3.8) is 0 Å². The molecule has 0 unspecified atom stereocenters. The summed E-state index contributed by atoms with van der Waals surface area (Å²) >= 11 is 0. The summed E-state index contributed by atoms with van der Waals surface area (Å²) in [7, 11) is 0. The SMILES string of the molecule is CC(C)(C)c1ccc2c(n1)nn1c(C3CCNCC3)cc(=O)[nH]c21.Cl. The van der Waals surface area contributed by atoms with Crippen molar-refractivity contribution in [1.29, 1.82) is 0 Å². The highest BCUT2D eigenvalue weighted by atomic mass is 35.5. The second-order valence-electron chi connectivity index (χ2n) is 7.66. The van der Waals surface area contributed by atoms with E-state index in [1.807, 2.05) is 16.6 Å². The average molecular weight is 362 g/mol. The van der Waals surface area contributed by atoms with Gasteiger partial charge in [0.2, 0.25) is 0 Å². The first-order valence-electron chi connectivity index (χ1n) is 8.57. The van der Waals surface area contributed by atoms with E-state index in [4.69, 9.17) is 10.1 Å². The number of aromatic amines is 1. The predicted molar refractivity (Wildman–Crippen MR) is 102 cm³/mol. The van der Waals surface area contributed by atoms with Crippen molar-refractivity contribution >= 4 is 29.1 Å². The number of aromatic nitrogens is 4. The molecule has 4 rings (SSSR count). The molecule has 1 saturated heterocycles. The van der Waals surface area contributed by atoms with E-state index in [1.165, 1.54) is 0 Å². The zero-order valence-corrected chi connectivity index (χ0v) is 15.6. The minimum atomic E-state index is -0.0715. The Morgan fingerprint density at radius 2 is 1.92 bits per heavy atom. The Morgan fingerprint density at radius 1 is 1.20 bits per heavy atom. The van der Waals surface area contributed by atoms with E-state index in [1.54, 1.807) is 6.07 Å². The fourth-order valence-corrected chi connectivity index (χ4v) is 3.45. The molecule has 0 aliphatic carbocycles. The quantitative estimate of drug-likeness (QED) is 0.698. The van der Waals surface area contributed by atoms with Gasteiger partial charge in [-0.25, -0.2) is 9.50 Å². The molecule has 2 N–H and O–H groups in total. The second-order valence-corrected chi connectivity index (χ2v) is 7.66. The molecule has 25 heavy (non-hydrogen) atoms. The maximum Gasteiger partial charge on any atom is 0.251 e. The van der Waals surface area contributed by atoms with Crippen molar-refractivity contribution in [2.24, 2.45) is 0 Å². The molecule has 0 spiro atoms. The van der Waals surface area contributed by atoms with Crippen LogP contribution in [0.4, 0.5) is 0 Å². The summed E-state index contributed by atoms with van der Waals surface area (Å²) in [6, 6.07) is 5.74. The number of pyridine rings is 1. The number of H-pyrrole nitrogens is 1. The van der Waals surface area contributed by atoms with E-state index in [9.17, 15) is 4.79 Å². The van der Waals surface area contributed by atoms with Crippen LogP contribution in [-0.4, -0.2) is 32.7 Å². The lowest BCUT2D eigenvalue weighted by molar-refractivity contribution is 0.446.